The van der Waals surface area contributed by atoms with Crippen LogP contribution >= 0.6 is 0 Å². The predicted molar refractivity (Wildman–Crippen MR) is 113 cm³/mol. The van der Waals surface area contributed by atoms with E-state index in [2.05, 4.69) is 0 Å². The summed E-state index contributed by atoms with van der Waals surface area (Å²) in [5, 5.41) is -2.37. The third-order valence-electron chi connectivity index (χ3n) is 6.42. The van der Waals surface area contributed by atoms with Gasteiger partial charge in [0.1, 0.15) is 11.6 Å². The van der Waals surface area contributed by atoms with Crippen molar-refractivity contribution in [2.45, 2.75) is 42.1 Å². The topological polar surface area (TPSA) is 55.8 Å². The summed E-state index contributed by atoms with van der Waals surface area (Å²) >= 11 is 0. The van der Waals surface area contributed by atoms with E-state index in [4.69, 9.17) is 9.47 Å². The molecule has 2 heterocycles. The molecular formula is C23H26F3NO4S. The number of piperidine rings is 1. The fraction of sp³-hybridized carbons (Fsp3) is 0.478. The molecule has 1 saturated heterocycles. The Bertz CT molecular complexity index is 1100. The highest BCUT2D eigenvalue weighted by Crippen LogP contribution is 2.48. The first kappa shape index (κ1) is 22.9. The van der Waals surface area contributed by atoms with Gasteiger partial charge in [0.15, 0.2) is 11.5 Å². The van der Waals surface area contributed by atoms with Crippen molar-refractivity contribution in [1.82, 2.24) is 4.90 Å². The average molecular weight is 470 g/mol. The quantitative estimate of drug-likeness (QED) is 0.632. The van der Waals surface area contributed by atoms with Gasteiger partial charge in [0, 0.05) is 25.1 Å². The Morgan fingerprint density at radius 1 is 1.00 bits per heavy atom. The van der Waals surface area contributed by atoms with Crippen LogP contribution < -0.4 is 9.47 Å². The highest BCUT2D eigenvalue weighted by molar-refractivity contribution is 7.93. The van der Waals surface area contributed by atoms with Crippen LogP contribution in [0.25, 0.3) is 0 Å². The summed E-state index contributed by atoms with van der Waals surface area (Å²) < 4.78 is 79.3. The Balaban J connectivity index is 1.43. The molecule has 0 aliphatic carbocycles. The molecule has 0 amide bonds. The van der Waals surface area contributed by atoms with Crippen molar-refractivity contribution in [3.63, 3.8) is 0 Å². The number of sulfone groups is 1. The molecule has 2 aliphatic heterocycles. The van der Waals surface area contributed by atoms with E-state index in [-0.39, 0.29) is 29.4 Å². The molecule has 0 saturated carbocycles. The van der Waals surface area contributed by atoms with Crippen LogP contribution in [-0.2, 0) is 22.8 Å². The van der Waals surface area contributed by atoms with Gasteiger partial charge in [-0.25, -0.2) is 21.6 Å². The Kier molecular flexibility index (Phi) is 6.15. The standard InChI is InChI=1S/C23H26F3NO4S/c1-30-20-9-17-13-23(26,32(28,29)22(17)11-21(20)31-2)12-15-3-5-27(6-4-15)14-16-7-18(24)10-19(25)8-16/h7-11,15H,3-6,12-14H2,1-2H3. The number of methoxy groups -OCH3 is 2. The van der Waals surface area contributed by atoms with Gasteiger partial charge in [-0.05, 0) is 67.6 Å². The third kappa shape index (κ3) is 4.20. The average Bonchev–Trinajstić information content (AvgIpc) is 2.92. The number of hydrogen-bond donors (Lipinski definition) is 0. The van der Waals surface area contributed by atoms with Crippen LogP contribution in [0.5, 0.6) is 11.5 Å². The van der Waals surface area contributed by atoms with Gasteiger partial charge >= 0.3 is 0 Å². The minimum Gasteiger partial charge on any atom is -0.493 e. The molecule has 2 aliphatic rings. The number of ether oxygens (including phenoxy) is 2. The van der Waals surface area contributed by atoms with Gasteiger partial charge in [0.2, 0.25) is 14.8 Å². The molecule has 9 heteroatoms. The molecule has 1 atom stereocenters. The van der Waals surface area contributed by atoms with E-state index in [1.807, 2.05) is 4.90 Å². The Hall–Kier alpha value is -2.26. The minimum absolute atomic E-state index is 0.0387. The molecule has 1 unspecified atom stereocenters. The number of halogens is 3. The van der Waals surface area contributed by atoms with Gasteiger partial charge in [-0.3, -0.25) is 4.90 Å². The number of benzene rings is 2. The summed E-state index contributed by atoms with van der Waals surface area (Å²) in [5.41, 5.74) is 0.940. The summed E-state index contributed by atoms with van der Waals surface area (Å²) in [5.74, 6) is -0.718. The van der Waals surface area contributed by atoms with Gasteiger partial charge in [0.25, 0.3) is 0 Å². The van der Waals surface area contributed by atoms with Crippen molar-refractivity contribution in [3.05, 3.63) is 53.1 Å². The summed E-state index contributed by atoms with van der Waals surface area (Å²) in [6, 6.07) is 6.31. The first-order chi connectivity index (χ1) is 15.1. The first-order valence-electron chi connectivity index (χ1n) is 10.5. The van der Waals surface area contributed by atoms with Crippen LogP contribution in [0.15, 0.2) is 35.2 Å². The molecule has 2 aromatic carbocycles. The van der Waals surface area contributed by atoms with Crippen LogP contribution in [-0.4, -0.2) is 45.6 Å². The molecule has 0 bridgehead atoms. The zero-order chi connectivity index (χ0) is 23.1. The number of rotatable bonds is 6. The molecule has 0 N–H and O–H groups in total. The van der Waals surface area contributed by atoms with E-state index in [0.29, 0.717) is 49.4 Å². The van der Waals surface area contributed by atoms with Crippen molar-refractivity contribution in [2.24, 2.45) is 5.92 Å². The number of likely N-dealkylation sites (tertiary alicyclic amines) is 1. The Morgan fingerprint density at radius 2 is 1.59 bits per heavy atom. The van der Waals surface area contributed by atoms with Crippen molar-refractivity contribution in [1.29, 1.82) is 0 Å². The zero-order valence-corrected chi connectivity index (χ0v) is 18.9. The van der Waals surface area contributed by atoms with E-state index in [1.54, 1.807) is 0 Å². The number of fused-ring (bicyclic) bond motifs is 1. The van der Waals surface area contributed by atoms with Crippen molar-refractivity contribution >= 4 is 9.84 Å². The van der Waals surface area contributed by atoms with Crippen LogP contribution in [0.3, 0.4) is 0 Å². The molecule has 2 aromatic rings. The van der Waals surface area contributed by atoms with E-state index >= 15 is 4.39 Å². The Morgan fingerprint density at radius 3 is 2.19 bits per heavy atom. The monoisotopic (exact) mass is 469 g/mol. The zero-order valence-electron chi connectivity index (χ0n) is 18.0. The normalized spacial score (nSPS) is 23.2. The molecule has 5 nitrogen and oxygen atoms in total. The van der Waals surface area contributed by atoms with Crippen LogP contribution in [0.4, 0.5) is 13.2 Å². The molecule has 32 heavy (non-hydrogen) atoms. The van der Waals surface area contributed by atoms with Crippen LogP contribution in [0, 0.1) is 17.6 Å². The summed E-state index contributed by atoms with van der Waals surface area (Å²) in [6.07, 6.45) is 0.925. The predicted octanol–water partition coefficient (Wildman–Crippen LogP) is 4.28. The maximum absolute atomic E-state index is 15.9. The highest BCUT2D eigenvalue weighted by Gasteiger charge is 2.53. The molecule has 174 valence electrons. The smallest absolute Gasteiger partial charge is 0.219 e. The maximum atomic E-state index is 15.9. The lowest BCUT2D eigenvalue weighted by Crippen LogP contribution is -2.39. The summed E-state index contributed by atoms with van der Waals surface area (Å²) in [7, 11) is -1.32. The summed E-state index contributed by atoms with van der Waals surface area (Å²) in [4.78, 5) is 2.01. The minimum atomic E-state index is -4.17. The third-order valence-corrected chi connectivity index (χ3v) is 8.65. The van der Waals surface area contributed by atoms with Gasteiger partial charge in [-0.1, -0.05) is 0 Å². The van der Waals surface area contributed by atoms with Crippen molar-refractivity contribution in [2.75, 3.05) is 27.3 Å². The number of alkyl halides is 1. The molecular weight excluding hydrogens is 443 g/mol. The van der Waals surface area contributed by atoms with Gasteiger partial charge in [0.05, 0.1) is 19.1 Å². The van der Waals surface area contributed by atoms with Crippen molar-refractivity contribution in [3.8, 4) is 11.5 Å². The molecule has 0 spiro atoms. The highest BCUT2D eigenvalue weighted by atomic mass is 32.2. The fourth-order valence-electron chi connectivity index (χ4n) is 4.79. The SMILES string of the molecule is COc1cc2c(cc1OC)S(=O)(=O)C(F)(CC1CCN(Cc3cc(F)cc(F)c3)CC1)C2. The Labute approximate surface area is 186 Å². The number of nitrogens with zero attached hydrogens (tertiary/aromatic N) is 1. The van der Waals surface area contributed by atoms with Gasteiger partial charge < -0.3 is 9.47 Å². The first-order valence-corrected chi connectivity index (χ1v) is 12.0. The van der Waals surface area contributed by atoms with Crippen LogP contribution in [0.2, 0.25) is 0 Å². The van der Waals surface area contributed by atoms with E-state index < -0.39 is 26.5 Å². The van der Waals surface area contributed by atoms with Crippen molar-refractivity contribution < 1.29 is 31.1 Å². The fourth-order valence-corrected chi connectivity index (χ4v) is 6.72. The maximum Gasteiger partial charge on any atom is 0.219 e. The second-order valence-electron chi connectivity index (χ2n) is 8.58. The largest absolute Gasteiger partial charge is 0.493 e. The van der Waals surface area contributed by atoms with Gasteiger partial charge in [-0.2, -0.15) is 0 Å². The lowest BCUT2D eigenvalue weighted by molar-refractivity contribution is 0.135. The lowest BCUT2D eigenvalue weighted by atomic mass is 9.89. The summed E-state index contributed by atoms with van der Waals surface area (Å²) in [6.45, 7) is 1.60. The molecule has 4 rings (SSSR count). The number of hydrogen-bond acceptors (Lipinski definition) is 5. The van der Waals surface area contributed by atoms with Gasteiger partial charge in [-0.15, -0.1) is 0 Å². The molecule has 1 fully saturated rings. The van der Waals surface area contributed by atoms with E-state index in [1.165, 1.54) is 38.5 Å². The molecule has 0 radical (unpaired) electrons. The van der Waals surface area contributed by atoms with Crippen LogP contribution in [0.1, 0.15) is 30.4 Å². The van der Waals surface area contributed by atoms with E-state index in [9.17, 15) is 17.2 Å². The van der Waals surface area contributed by atoms with E-state index in [0.717, 1.165) is 6.07 Å². The second-order valence-corrected chi connectivity index (χ2v) is 10.8. The second kappa shape index (κ2) is 8.59. The molecule has 0 aromatic heterocycles. The lowest BCUT2D eigenvalue weighted by Gasteiger charge is -2.34.